The van der Waals surface area contributed by atoms with E-state index < -0.39 is 0 Å². The van der Waals surface area contributed by atoms with Crippen LogP contribution in [-0.2, 0) is 6.54 Å². The van der Waals surface area contributed by atoms with Crippen molar-refractivity contribution in [1.82, 2.24) is 14.5 Å². The van der Waals surface area contributed by atoms with E-state index in [-0.39, 0.29) is 17.9 Å². The van der Waals surface area contributed by atoms with Crippen molar-refractivity contribution in [2.24, 2.45) is 0 Å². The van der Waals surface area contributed by atoms with Gasteiger partial charge in [0.05, 0.1) is 18.3 Å². The summed E-state index contributed by atoms with van der Waals surface area (Å²) in [7, 11) is 0. The molecule has 5 aromatic rings. The summed E-state index contributed by atoms with van der Waals surface area (Å²) in [4.78, 5) is 20.5. The van der Waals surface area contributed by atoms with Gasteiger partial charge in [0.25, 0.3) is 5.56 Å². The number of rotatable bonds is 3. The maximum Gasteiger partial charge on any atom is 0.269 e. The molecule has 0 aliphatic heterocycles. The highest BCUT2D eigenvalue weighted by Crippen LogP contribution is 2.26. The van der Waals surface area contributed by atoms with Crippen LogP contribution < -0.4 is 5.56 Å². The highest BCUT2D eigenvalue weighted by molar-refractivity contribution is 5.87. The smallest absolute Gasteiger partial charge is 0.269 e. The van der Waals surface area contributed by atoms with E-state index in [4.69, 9.17) is 0 Å². The van der Waals surface area contributed by atoms with Gasteiger partial charge >= 0.3 is 0 Å². The summed E-state index contributed by atoms with van der Waals surface area (Å²) in [6.45, 7) is 0.118. The van der Waals surface area contributed by atoms with E-state index >= 15 is 0 Å². The number of nitrogens with zero attached hydrogens (tertiary/aromatic N) is 3. The van der Waals surface area contributed by atoms with Crippen LogP contribution in [0.15, 0.2) is 90.0 Å². The van der Waals surface area contributed by atoms with Crippen LogP contribution in [0.1, 0.15) is 5.56 Å². The highest BCUT2D eigenvalue weighted by atomic mass is 19.1. The van der Waals surface area contributed by atoms with Crippen LogP contribution in [0.3, 0.4) is 0 Å². The predicted octanol–water partition coefficient (Wildman–Crippen LogP) is 4.80. The van der Waals surface area contributed by atoms with Crippen LogP contribution in [0.25, 0.3) is 33.1 Å². The third-order valence-electron chi connectivity index (χ3n) is 5.08. The van der Waals surface area contributed by atoms with Crippen molar-refractivity contribution in [3.8, 4) is 11.1 Å². The van der Waals surface area contributed by atoms with Gasteiger partial charge in [0.15, 0.2) is 5.65 Å². The zero-order valence-corrected chi connectivity index (χ0v) is 15.4. The van der Waals surface area contributed by atoms with Crippen LogP contribution in [0, 0.1) is 5.82 Å². The van der Waals surface area contributed by atoms with Crippen LogP contribution in [0.5, 0.6) is 0 Å². The average molecular weight is 381 g/mol. The quantitative estimate of drug-likeness (QED) is 0.451. The lowest BCUT2D eigenvalue weighted by atomic mass is 10.00. The minimum absolute atomic E-state index is 0.118. The molecule has 29 heavy (non-hydrogen) atoms. The molecule has 0 aliphatic rings. The summed E-state index contributed by atoms with van der Waals surface area (Å²) in [6, 6.07) is 22.8. The van der Waals surface area contributed by atoms with Gasteiger partial charge in [0.2, 0.25) is 0 Å². The number of pyridine rings is 1. The molecule has 0 saturated heterocycles. The lowest BCUT2D eigenvalue weighted by Crippen LogP contribution is -2.21. The number of hydrogen-bond acceptors (Lipinski definition) is 3. The Kier molecular flexibility index (Phi) is 4.13. The Balaban J connectivity index is 1.53. The molecule has 0 atom stereocenters. The van der Waals surface area contributed by atoms with E-state index in [1.54, 1.807) is 24.4 Å². The van der Waals surface area contributed by atoms with E-state index in [0.717, 1.165) is 21.9 Å². The molecule has 5 heteroatoms. The monoisotopic (exact) mass is 381 g/mol. The Morgan fingerprint density at radius 2 is 1.62 bits per heavy atom. The number of fused-ring (bicyclic) bond motifs is 2. The fourth-order valence-corrected chi connectivity index (χ4v) is 3.56. The summed E-state index contributed by atoms with van der Waals surface area (Å²) in [5.41, 5.74) is 2.94. The van der Waals surface area contributed by atoms with E-state index in [0.29, 0.717) is 16.7 Å². The highest BCUT2D eigenvalue weighted by Gasteiger charge is 2.10. The number of hydrogen-bond donors (Lipinski definition) is 0. The first kappa shape index (κ1) is 17.3. The molecule has 0 N–H and O–H groups in total. The molecule has 0 unspecified atom stereocenters. The van der Waals surface area contributed by atoms with Gasteiger partial charge in [-0.1, -0.05) is 48.5 Å². The normalized spacial score (nSPS) is 11.2. The predicted molar refractivity (Wildman–Crippen MR) is 112 cm³/mol. The van der Waals surface area contributed by atoms with Crippen LogP contribution in [0.4, 0.5) is 4.39 Å². The second-order valence-corrected chi connectivity index (χ2v) is 6.90. The molecule has 0 radical (unpaired) electrons. The number of halogens is 1. The van der Waals surface area contributed by atoms with Crippen molar-refractivity contribution in [1.29, 1.82) is 0 Å². The second kappa shape index (κ2) is 6.95. The first-order chi connectivity index (χ1) is 14.2. The molecule has 4 nitrogen and oxygen atoms in total. The van der Waals surface area contributed by atoms with E-state index in [1.165, 1.54) is 16.8 Å². The molecule has 2 aromatic heterocycles. The van der Waals surface area contributed by atoms with Crippen LogP contribution in [-0.4, -0.2) is 14.5 Å². The van der Waals surface area contributed by atoms with Gasteiger partial charge in [-0.05, 0) is 46.2 Å². The molecule has 2 heterocycles. The summed E-state index contributed by atoms with van der Waals surface area (Å²) in [5, 5.41) is 2.25. The summed E-state index contributed by atoms with van der Waals surface area (Å²) < 4.78 is 16.4. The minimum Gasteiger partial charge on any atom is -0.299 e. The average Bonchev–Trinajstić information content (AvgIpc) is 2.76. The lowest BCUT2D eigenvalue weighted by Gasteiger charge is -2.11. The maximum atomic E-state index is 14.9. The number of aromatic nitrogens is 3. The molecule has 0 bridgehead atoms. The molecule has 5 rings (SSSR count). The Morgan fingerprint density at radius 3 is 2.48 bits per heavy atom. The van der Waals surface area contributed by atoms with Crippen molar-refractivity contribution >= 4 is 21.9 Å². The summed E-state index contributed by atoms with van der Waals surface area (Å²) >= 11 is 0. The molecule has 3 aromatic carbocycles. The standard InChI is InChI=1S/C24H16FN3O/c25-21-13-19(18-8-7-16-4-1-2-5-17(16)12-18)9-10-20(21)15-28-22-6-3-11-26-24(22)27-14-23(28)29/h1-14H,15H2. The Bertz CT molecular complexity index is 1430. The lowest BCUT2D eigenvalue weighted by molar-refractivity contribution is 0.599. The molecule has 0 spiro atoms. The SMILES string of the molecule is O=c1cnc2ncccc2n1Cc1ccc(-c2ccc3ccccc3c2)cc1F. The molecule has 0 amide bonds. The Morgan fingerprint density at radius 1 is 0.828 bits per heavy atom. The van der Waals surface area contributed by atoms with Crippen molar-refractivity contribution in [2.75, 3.05) is 0 Å². The molecular formula is C24H16FN3O. The van der Waals surface area contributed by atoms with Gasteiger partial charge in [-0.2, -0.15) is 0 Å². The third kappa shape index (κ3) is 3.17. The molecule has 0 aliphatic carbocycles. The zero-order chi connectivity index (χ0) is 19.8. The first-order valence-electron chi connectivity index (χ1n) is 9.27. The zero-order valence-electron chi connectivity index (χ0n) is 15.4. The molecule has 0 fully saturated rings. The van der Waals surface area contributed by atoms with E-state index in [2.05, 4.69) is 22.1 Å². The largest absolute Gasteiger partial charge is 0.299 e. The molecule has 0 saturated carbocycles. The van der Waals surface area contributed by atoms with Gasteiger partial charge in [-0.15, -0.1) is 0 Å². The summed E-state index contributed by atoms with van der Waals surface area (Å²) in [5.74, 6) is -0.351. The van der Waals surface area contributed by atoms with Gasteiger partial charge in [-0.25, -0.2) is 14.4 Å². The molecule has 140 valence electrons. The van der Waals surface area contributed by atoms with Crippen molar-refractivity contribution in [3.63, 3.8) is 0 Å². The Labute approximate surface area is 165 Å². The first-order valence-corrected chi connectivity index (χ1v) is 9.27. The van der Waals surface area contributed by atoms with Gasteiger partial charge < -0.3 is 0 Å². The third-order valence-corrected chi connectivity index (χ3v) is 5.08. The van der Waals surface area contributed by atoms with Crippen LogP contribution in [0.2, 0.25) is 0 Å². The van der Waals surface area contributed by atoms with E-state index in [9.17, 15) is 9.18 Å². The topological polar surface area (TPSA) is 47.8 Å². The molecular weight excluding hydrogens is 365 g/mol. The fraction of sp³-hybridized carbons (Fsp3) is 0.0417. The number of benzene rings is 3. The van der Waals surface area contributed by atoms with Gasteiger partial charge in [-0.3, -0.25) is 9.36 Å². The van der Waals surface area contributed by atoms with Crippen molar-refractivity contribution in [2.45, 2.75) is 6.54 Å². The van der Waals surface area contributed by atoms with Crippen molar-refractivity contribution in [3.05, 3.63) is 107 Å². The van der Waals surface area contributed by atoms with E-state index in [1.807, 2.05) is 36.4 Å². The second-order valence-electron chi connectivity index (χ2n) is 6.90. The summed E-state index contributed by atoms with van der Waals surface area (Å²) in [6.07, 6.45) is 2.83. The minimum atomic E-state index is -0.351. The Hall–Kier alpha value is -3.86. The fourth-order valence-electron chi connectivity index (χ4n) is 3.56. The van der Waals surface area contributed by atoms with Crippen LogP contribution >= 0.6 is 0 Å². The van der Waals surface area contributed by atoms with Gasteiger partial charge in [0, 0.05) is 11.8 Å². The van der Waals surface area contributed by atoms with Gasteiger partial charge in [0.1, 0.15) is 5.82 Å². The maximum absolute atomic E-state index is 14.9. The van der Waals surface area contributed by atoms with Crippen molar-refractivity contribution < 1.29 is 4.39 Å².